The topological polar surface area (TPSA) is 107 Å². The van der Waals surface area contributed by atoms with Gasteiger partial charge in [0.2, 0.25) is 5.91 Å². The Morgan fingerprint density at radius 3 is 2.17 bits per heavy atom. The molecule has 0 saturated carbocycles. The molecule has 40 heavy (non-hydrogen) atoms. The lowest BCUT2D eigenvalue weighted by Crippen LogP contribution is -2.31. The fraction of sp³-hybridized carbons (Fsp3) is 0.469. The lowest BCUT2D eigenvalue weighted by atomic mass is 9.83. The van der Waals surface area contributed by atoms with Crippen molar-refractivity contribution in [3.8, 4) is 11.3 Å². The number of carbonyl (C=O) groups is 3. The number of ether oxygens (including phenoxy) is 2. The second-order valence-corrected chi connectivity index (χ2v) is 11.9. The number of benzene rings is 2. The predicted molar refractivity (Wildman–Crippen MR) is 157 cm³/mol. The number of hydrogen-bond acceptors (Lipinski definition) is 6. The van der Waals surface area contributed by atoms with E-state index in [1.165, 1.54) is 0 Å². The number of aromatic nitrogens is 1. The van der Waals surface area contributed by atoms with Gasteiger partial charge in [-0.1, -0.05) is 30.2 Å². The van der Waals surface area contributed by atoms with Gasteiger partial charge in [-0.15, -0.1) is 0 Å². The van der Waals surface area contributed by atoms with Crippen molar-refractivity contribution in [2.45, 2.75) is 79.2 Å². The van der Waals surface area contributed by atoms with E-state index in [-0.39, 0.29) is 25.0 Å². The zero-order chi connectivity index (χ0) is 30.0. The molecule has 1 unspecified atom stereocenters. The van der Waals surface area contributed by atoms with Crippen LogP contribution >= 0.6 is 0 Å². The number of fused-ring (bicyclic) bond motifs is 1. The Bertz CT molecular complexity index is 1410. The van der Waals surface area contributed by atoms with E-state index in [1.807, 2.05) is 85.7 Å². The minimum atomic E-state index is -0.941. The first-order valence-corrected chi connectivity index (χ1v) is 13.7. The number of amides is 1. The molecule has 0 saturated heterocycles. The fourth-order valence-corrected chi connectivity index (χ4v) is 4.95. The first-order chi connectivity index (χ1) is 18.6. The third-order valence-electron chi connectivity index (χ3n) is 6.83. The highest BCUT2D eigenvalue weighted by molar-refractivity contribution is 6.01. The minimum Gasteiger partial charge on any atom is -0.465 e. The second-order valence-electron chi connectivity index (χ2n) is 11.9. The van der Waals surface area contributed by atoms with Crippen molar-refractivity contribution in [3.63, 3.8) is 0 Å². The number of hydrogen-bond donors (Lipinski definition) is 2. The van der Waals surface area contributed by atoms with E-state index in [2.05, 4.69) is 11.4 Å². The summed E-state index contributed by atoms with van der Waals surface area (Å²) >= 11 is 0. The number of aliphatic hydroxyl groups is 1. The Balaban J connectivity index is 2.43. The van der Waals surface area contributed by atoms with E-state index in [9.17, 15) is 19.5 Å². The number of esters is 1. The maximum Gasteiger partial charge on any atom is 0.419 e. The average Bonchev–Trinajstić information content (AvgIpc) is 3.20. The molecule has 3 aromatic rings. The molecular weight excluding hydrogens is 508 g/mol. The van der Waals surface area contributed by atoms with Crippen molar-refractivity contribution in [3.05, 3.63) is 58.7 Å². The molecule has 0 radical (unpaired) electrons. The molecule has 216 valence electrons. The minimum absolute atomic E-state index is 0.232. The van der Waals surface area contributed by atoms with Crippen LogP contribution in [0.3, 0.4) is 0 Å². The van der Waals surface area contributed by atoms with E-state index in [0.717, 1.165) is 33.2 Å². The summed E-state index contributed by atoms with van der Waals surface area (Å²) in [5, 5.41) is 12.8. The van der Waals surface area contributed by atoms with E-state index < -0.39 is 29.6 Å². The van der Waals surface area contributed by atoms with Gasteiger partial charge in [-0.05, 0) is 96.3 Å². The molecule has 2 aromatic carbocycles. The smallest absolute Gasteiger partial charge is 0.419 e. The summed E-state index contributed by atoms with van der Waals surface area (Å²) in [6, 6.07) is 11.7. The molecule has 0 spiro atoms. The summed E-state index contributed by atoms with van der Waals surface area (Å²) in [5.41, 5.74) is 4.07. The van der Waals surface area contributed by atoms with Crippen LogP contribution < -0.4 is 5.32 Å². The molecule has 0 bridgehead atoms. The normalized spacial score (nSPS) is 12.8. The second kappa shape index (κ2) is 11.8. The molecule has 0 aliphatic carbocycles. The van der Waals surface area contributed by atoms with Crippen molar-refractivity contribution in [1.82, 2.24) is 9.88 Å². The third-order valence-corrected chi connectivity index (χ3v) is 6.83. The highest BCUT2D eigenvalue weighted by Crippen LogP contribution is 2.41. The van der Waals surface area contributed by atoms with Crippen molar-refractivity contribution >= 4 is 28.9 Å². The molecule has 0 fully saturated rings. The first kappa shape index (κ1) is 30.9. The third kappa shape index (κ3) is 6.55. The van der Waals surface area contributed by atoms with Crippen LogP contribution in [0.5, 0.6) is 0 Å². The van der Waals surface area contributed by atoms with E-state index in [1.54, 1.807) is 11.5 Å². The van der Waals surface area contributed by atoms with Gasteiger partial charge in [0.15, 0.2) is 0 Å². The number of carbonyl (C=O) groups excluding carboxylic acids is 3. The van der Waals surface area contributed by atoms with Crippen LogP contribution in [0.4, 0.5) is 4.79 Å². The lowest BCUT2D eigenvalue weighted by Gasteiger charge is -2.23. The molecule has 1 amide bonds. The Morgan fingerprint density at radius 2 is 1.62 bits per heavy atom. The SMILES string of the molecule is CCOC(=O)C(C)(C)c1ccc2c(c1)c(C(C)CNC(=O)CO)c(-c1cc(C)cc(C)c1)n2C(=O)OC(C)(C)C. The van der Waals surface area contributed by atoms with Gasteiger partial charge in [0.1, 0.15) is 12.2 Å². The monoisotopic (exact) mass is 550 g/mol. The lowest BCUT2D eigenvalue weighted by molar-refractivity contribution is -0.148. The van der Waals surface area contributed by atoms with Crippen LogP contribution in [0, 0.1) is 13.8 Å². The largest absolute Gasteiger partial charge is 0.465 e. The van der Waals surface area contributed by atoms with Gasteiger partial charge in [0, 0.05) is 17.8 Å². The van der Waals surface area contributed by atoms with Gasteiger partial charge in [0.25, 0.3) is 0 Å². The quantitative estimate of drug-likeness (QED) is 0.345. The molecule has 8 nitrogen and oxygen atoms in total. The van der Waals surface area contributed by atoms with Crippen molar-refractivity contribution in [2.24, 2.45) is 0 Å². The molecule has 2 N–H and O–H groups in total. The van der Waals surface area contributed by atoms with Gasteiger partial charge < -0.3 is 19.9 Å². The fourth-order valence-electron chi connectivity index (χ4n) is 4.95. The van der Waals surface area contributed by atoms with Gasteiger partial charge in [-0.3, -0.25) is 9.59 Å². The Kier molecular flexibility index (Phi) is 9.14. The predicted octanol–water partition coefficient (Wildman–Crippen LogP) is 5.76. The van der Waals surface area contributed by atoms with Crippen LogP contribution in [-0.4, -0.2) is 53.0 Å². The Morgan fingerprint density at radius 1 is 1.00 bits per heavy atom. The highest BCUT2D eigenvalue weighted by atomic mass is 16.6. The Labute approximate surface area is 236 Å². The number of rotatable bonds is 8. The van der Waals surface area contributed by atoms with E-state index >= 15 is 0 Å². The molecule has 1 aromatic heterocycles. The standard InChI is InChI=1S/C32H42N2O6/c1-10-39-29(37)32(8,9)23-11-12-25-24(16-23)27(21(4)17-33-26(36)18-35)28(22-14-19(2)13-20(3)15-22)34(25)30(38)40-31(5,6)7/h11-16,21,35H,10,17-18H2,1-9H3,(H,33,36). The van der Waals surface area contributed by atoms with E-state index in [4.69, 9.17) is 9.47 Å². The van der Waals surface area contributed by atoms with Crippen LogP contribution in [-0.2, 0) is 24.5 Å². The maximum absolute atomic E-state index is 13.8. The summed E-state index contributed by atoms with van der Waals surface area (Å²) in [5.74, 6) is -1.10. The summed E-state index contributed by atoms with van der Waals surface area (Å²) in [7, 11) is 0. The summed E-state index contributed by atoms with van der Waals surface area (Å²) in [6.07, 6.45) is -0.526. The van der Waals surface area contributed by atoms with Crippen molar-refractivity contribution < 1.29 is 29.0 Å². The molecule has 0 aliphatic rings. The molecule has 3 rings (SSSR count). The van der Waals surface area contributed by atoms with E-state index in [0.29, 0.717) is 11.2 Å². The first-order valence-electron chi connectivity index (χ1n) is 13.7. The average molecular weight is 551 g/mol. The maximum atomic E-state index is 13.8. The molecular formula is C32H42N2O6. The molecule has 8 heteroatoms. The van der Waals surface area contributed by atoms with Crippen molar-refractivity contribution in [2.75, 3.05) is 19.8 Å². The molecule has 1 atom stereocenters. The van der Waals surface area contributed by atoms with Gasteiger partial charge in [-0.25, -0.2) is 9.36 Å². The number of aryl methyl sites for hydroxylation is 2. The summed E-state index contributed by atoms with van der Waals surface area (Å²) < 4.78 is 12.8. The van der Waals surface area contributed by atoms with Crippen LogP contribution in [0.15, 0.2) is 36.4 Å². The van der Waals surface area contributed by atoms with Crippen molar-refractivity contribution in [1.29, 1.82) is 0 Å². The van der Waals surface area contributed by atoms with Gasteiger partial charge >= 0.3 is 12.1 Å². The zero-order valence-electron chi connectivity index (χ0n) is 25.1. The van der Waals surface area contributed by atoms with Gasteiger partial charge in [0.05, 0.1) is 23.2 Å². The molecule has 0 aliphatic heterocycles. The van der Waals surface area contributed by atoms with Crippen LogP contribution in [0.25, 0.3) is 22.2 Å². The highest BCUT2D eigenvalue weighted by Gasteiger charge is 2.34. The zero-order valence-corrected chi connectivity index (χ0v) is 25.1. The summed E-state index contributed by atoms with van der Waals surface area (Å²) in [6.45, 7) is 16.7. The summed E-state index contributed by atoms with van der Waals surface area (Å²) in [4.78, 5) is 38.7. The number of nitrogens with zero attached hydrogens (tertiary/aromatic N) is 1. The number of nitrogens with one attached hydrogen (secondary N) is 1. The Hall–Kier alpha value is -3.65. The van der Waals surface area contributed by atoms with Crippen LogP contribution in [0.1, 0.15) is 76.6 Å². The van der Waals surface area contributed by atoms with Gasteiger partial charge in [-0.2, -0.15) is 0 Å². The molecule has 1 heterocycles. The number of aliphatic hydroxyl groups excluding tert-OH is 1. The van der Waals surface area contributed by atoms with Crippen LogP contribution in [0.2, 0.25) is 0 Å².